The molecule has 0 bridgehead atoms. The van der Waals surface area contributed by atoms with Gasteiger partial charge in [0.15, 0.2) is 0 Å². The zero-order chi connectivity index (χ0) is 14.1. The highest BCUT2D eigenvalue weighted by molar-refractivity contribution is 5.75. The lowest BCUT2D eigenvalue weighted by atomic mass is 9.96. The van der Waals surface area contributed by atoms with Crippen molar-refractivity contribution in [1.82, 2.24) is 10.2 Å². The molecule has 0 radical (unpaired) electrons. The van der Waals surface area contributed by atoms with Gasteiger partial charge in [0.05, 0.1) is 0 Å². The fourth-order valence-corrected chi connectivity index (χ4v) is 2.91. The fourth-order valence-electron chi connectivity index (χ4n) is 2.91. The van der Waals surface area contributed by atoms with Crippen molar-refractivity contribution in [2.24, 2.45) is 17.6 Å². The van der Waals surface area contributed by atoms with Gasteiger partial charge in [0, 0.05) is 19.5 Å². The van der Waals surface area contributed by atoms with Crippen molar-refractivity contribution in [3.8, 4) is 0 Å². The van der Waals surface area contributed by atoms with Crippen LogP contribution in [0.1, 0.15) is 45.4 Å². The quantitative estimate of drug-likeness (QED) is 0.703. The van der Waals surface area contributed by atoms with E-state index in [0.717, 1.165) is 38.9 Å². The van der Waals surface area contributed by atoms with E-state index in [-0.39, 0.29) is 5.91 Å². The van der Waals surface area contributed by atoms with E-state index in [4.69, 9.17) is 5.73 Å². The van der Waals surface area contributed by atoms with Crippen LogP contribution in [0.3, 0.4) is 0 Å². The maximum atomic E-state index is 11.8. The van der Waals surface area contributed by atoms with Gasteiger partial charge in [0.25, 0.3) is 0 Å². The third-order valence-corrected chi connectivity index (χ3v) is 4.24. The molecule has 0 saturated carbocycles. The average Bonchev–Trinajstić information content (AvgIpc) is 2.41. The van der Waals surface area contributed by atoms with Crippen LogP contribution in [-0.4, -0.2) is 44.0 Å². The minimum Gasteiger partial charge on any atom is -0.356 e. The maximum absolute atomic E-state index is 11.8. The minimum atomic E-state index is 0.212. The van der Waals surface area contributed by atoms with E-state index in [9.17, 15) is 4.79 Å². The lowest BCUT2D eigenvalue weighted by Gasteiger charge is -2.29. The molecule has 1 rings (SSSR count). The van der Waals surface area contributed by atoms with Gasteiger partial charge in [-0.2, -0.15) is 0 Å². The average molecular weight is 269 g/mol. The van der Waals surface area contributed by atoms with E-state index < -0.39 is 0 Å². The van der Waals surface area contributed by atoms with Gasteiger partial charge < -0.3 is 16.0 Å². The summed E-state index contributed by atoms with van der Waals surface area (Å²) in [4.78, 5) is 14.2. The van der Waals surface area contributed by atoms with Crippen LogP contribution in [0.25, 0.3) is 0 Å². The molecule has 0 aliphatic carbocycles. The molecule has 0 aromatic rings. The second kappa shape index (κ2) is 9.32. The van der Waals surface area contributed by atoms with Crippen molar-refractivity contribution in [3.05, 3.63) is 0 Å². The SMILES string of the molecule is CCC(CCN)CCC(=O)NCC1CCCN(C)C1. The monoisotopic (exact) mass is 269 g/mol. The van der Waals surface area contributed by atoms with Gasteiger partial charge in [-0.25, -0.2) is 0 Å². The van der Waals surface area contributed by atoms with Gasteiger partial charge >= 0.3 is 0 Å². The number of nitrogens with zero attached hydrogens (tertiary/aromatic N) is 1. The van der Waals surface area contributed by atoms with Crippen LogP contribution in [0.5, 0.6) is 0 Å². The molecule has 1 heterocycles. The summed E-state index contributed by atoms with van der Waals surface area (Å²) in [5.41, 5.74) is 5.58. The van der Waals surface area contributed by atoms with Crippen LogP contribution < -0.4 is 11.1 Å². The van der Waals surface area contributed by atoms with Crippen LogP contribution in [0.2, 0.25) is 0 Å². The Hall–Kier alpha value is -0.610. The Morgan fingerprint density at radius 2 is 2.26 bits per heavy atom. The first-order valence-corrected chi connectivity index (χ1v) is 7.81. The number of carbonyl (C=O) groups excluding carboxylic acids is 1. The van der Waals surface area contributed by atoms with E-state index in [0.29, 0.717) is 18.3 Å². The molecule has 112 valence electrons. The number of nitrogens with one attached hydrogen (secondary N) is 1. The first-order valence-electron chi connectivity index (χ1n) is 7.81. The van der Waals surface area contributed by atoms with Crippen molar-refractivity contribution in [2.45, 2.75) is 45.4 Å². The van der Waals surface area contributed by atoms with Crippen LogP contribution in [-0.2, 0) is 4.79 Å². The predicted octanol–water partition coefficient (Wildman–Crippen LogP) is 1.60. The molecule has 0 spiro atoms. The summed E-state index contributed by atoms with van der Waals surface area (Å²) in [6.45, 7) is 6.06. The molecule has 0 aromatic carbocycles. The second-order valence-electron chi connectivity index (χ2n) is 5.96. The van der Waals surface area contributed by atoms with Crippen molar-refractivity contribution < 1.29 is 4.79 Å². The van der Waals surface area contributed by atoms with Crippen LogP contribution in [0, 0.1) is 11.8 Å². The summed E-state index contributed by atoms with van der Waals surface area (Å²) in [5.74, 6) is 1.45. The molecule has 1 saturated heterocycles. The first-order chi connectivity index (χ1) is 9.15. The van der Waals surface area contributed by atoms with Gasteiger partial charge in [-0.15, -0.1) is 0 Å². The fraction of sp³-hybridized carbons (Fsp3) is 0.933. The summed E-state index contributed by atoms with van der Waals surface area (Å²) in [5, 5.41) is 3.10. The number of amides is 1. The smallest absolute Gasteiger partial charge is 0.220 e. The Bertz CT molecular complexity index is 258. The van der Waals surface area contributed by atoms with Gasteiger partial charge in [-0.05, 0) is 57.7 Å². The second-order valence-corrected chi connectivity index (χ2v) is 5.96. The van der Waals surface area contributed by atoms with E-state index >= 15 is 0 Å². The van der Waals surface area contributed by atoms with Crippen LogP contribution in [0.15, 0.2) is 0 Å². The van der Waals surface area contributed by atoms with Crippen molar-refractivity contribution in [2.75, 3.05) is 33.2 Å². The van der Waals surface area contributed by atoms with Gasteiger partial charge in [-0.1, -0.05) is 13.3 Å². The number of likely N-dealkylation sites (tertiary alicyclic amines) is 1. The molecular weight excluding hydrogens is 238 g/mol. The number of hydrogen-bond donors (Lipinski definition) is 2. The molecule has 1 fully saturated rings. The number of rotatable bonds is 8. The Balaban J connectivity index is 2.13. The minimum absolute atomic E-state index is 0.212. The van der Waals surface area contributed by atoms with Gasteiger partial charge in [0.2, 0.25) is 5.91 Å². The zero-order valence-corrected chi connectivity index (χ0v) is 12.7. The number of piperidine rings is 1. The van der Waals surface area contributed by atoms with Crippen molar-refractivity contribution in [1.29, 1.82) is 0 Å². The molecule has 1 aliphatic rings. The number of carbonyl (C=O) groups is 1. The zero-order valence-electron chi connectivity index (χ0n) is 12.7. The Morgan fingerprint density at radius 3 is 2.89 bits per heavy atom. The van der Waals surface area contributed by atoms with Gasteiger partial charge in [-0.3, -0.25) is 4.79 Å². The number of hydrogen-bond acceptors (Lipinski definition) is 3. The molecule has 19 heavy (non-hydrogen) atoms. The lowest BCUT2D eigenvalue weighted by molar-refractivity contribution is -0.121. The van der Waals surface area contributed by atoms with Crippen molar-refractivity contribution in [3.63, 3.8) is 0 Å². The first kappa shape index (κ1) is 16.4. The summed E-state index contributed by atoms with van der Waals surface area (Å²) in [6.07, 6.45) is 6.29. The van der Waals surface area contributed by atoms with Crippen LogP contribution >= 0.6 is 0 Å². The normalized spacial score (nSPS) is 22.2. The summed E-state index contributed by atoms with van der Waals surface area (Å²) < 4.78 is 0. The lowest BCUT2D eigenvalue weighted by Crippen LogP contribution is -2.39. The highest BCUT2D eigenvalue weighted by Gasteiger charge is 2.17. The predicted molar refractivity (Wildman–Crippen MR) is 79.9 cm³/mol. The third-order valence-electron chi connectivity index (χ3n) is 4.24. The summed E-state index contributed by atoms with van der Waals surface area (Å²) >= 11 is 0. The summed E-state index contributed by atoms with van der Waals surface area (Å²) in [7, 11) is 2.16. The topological polar surface area (TPSA) is 58.4 Å². The largest absolute Gasteiger partial charge is 0.356 e. The van der Waals surface area contributed by atoms with Crippen LogP contribution in [0.4, 0.5) is 0 Å². The molecule has 3 N–H and O–H groups in total. The molecule has 1 aliphatic heterocycles. The molecule has 2 unspecified atom stereocenters. The van der Waals surface area contributed by atoms with E-state index in [1.165, 1.54) is 19.4 Å². The molecular formula is C15H31N3O. The van der Waals surface area contributed by atoms with E-state index in [2.05, 4.69) is 24.2 Å². The van der Waals surface area contributed by atoms with Gasteiger partial charge in [0.1, 0.15) is 0 Å². The Morgan fingerprint density at radius 1 is 1.47 bits per heavy atom. The molecule has 0 aromatic heterocycles. The van der Waals surface area contributed by atoms with Crippen molar-refractivity contribution >= 4 is 5.91 Å². The third kappa shape index (κ3) is 6.92. The standard InChI is InChI=1S/C15H31N3O/c1-3-13(8-9-16)6-7-15(19)17-11-14-5-4-10-18(2)12-14/h13-14H,3-12,16H2,1-2H3,(H,17,19). The molecule has 4 nitrogen and oxygen atoms in total. The summed E-state index contributed by atoms with van der Waals surface area (Å²) in [6, 6.07) is 0. The molecule has 1 amide bonds. The highest BCUT2D eigenvalue weighted by Crippen LogP contribution is 2.15. The molecule has 4 heteroatoms. The Labute approximate surface area is 118 Å². The molecule has 2 atom stereocenters. The highest BCUT2D eigenvalue weighted by atomic mass is 16.1. The maximum Gasteiger partial charge on any atom is 0.220 e. The Kier molecular flexibility index (Phi) is 8.07. The van der Waals surface area contributed by atoms with E-state index in [1.54, 1.807) is 0 Å². The van der Waals surface area contributed by atoms with E-state index in [1.807, 2.05) is 0 Å². The number of nitrogens with two attached hydrogens (primary N) is 1.